The van der Waals surface area contributed by atoms with Crippen LogP contribution < -0.4 is 0 Å². The van der Waals surface area contributed by atoms with E-state index in [4.69, 9.17) is 9.26 Å². The molecule has 0 aliphatic carbocycles. The quantitative estimate of drug-likeness (QED) is 0.829. The topological polar surface area (TPSA) is 81.4 Å². The molecular weight excluding hydrogens is 332 g/mol. The third-order valence-corrected chi connectivity index (χ3v) is 4.29. The summed E-state index contributed by atoms with van der Waals surface area (Å²) >= 11 is 0. The second kappa shape index (κ2) is 7.85. The number of aromatic nitrogens is 3. The van der Waals surface area contributed by atoms with E-state index in [-0.39, 0.29) is 12.1 Å². The largest absolute Gasteiger partial charge is 0.444 e. The summed E-state index contributed by atoms with van der Waals surface area (Å²) in [6.45, 7) is 6.25. The van der Waals surface area contributed by atoms with Crippen molar-refractivity contribution in [2.45, 2.75) is 64.5 Å². The molecule has 3 rings (SSSR count). The minimum absolute atomic E-state index is 0.208. The van der Waals surface area contributed by atoms with Gasteiger partial charge in [-0.3, -0.25) is 9.88 Å². The smallest absolute Gasteiger partial charge is 0.410 e. The molecule has 0 N–H and O–H groups in total. The van der Waals surface area contributed by atoms with Gasteiger partial charge in [-0.15, -0.1) is 0 Å². The zero-order valence-corrected chi connectivity index (χ0v) is 15.6. The van der Waals surface area contributed by atoms with Crippen LogP contribution in [0.5, 0.6) is 0 Å². The summed E-state index contributed by atoms with van der Waals surface area (Å²) in [6.07, 6.45) is 7.53. The van der Waals surface area contributed by atoms with E-state index in [0.717, 1.165) is 25.7 Å². The number of likely N-dealkylation sites (tertiary alicyclic amines) is 1. The van der Waals surface area contributed by atoms with Crippen LogP contribution in [0, 0.1) is 0 Å². The van der Waals surface area contributed by atoms with Crippen LogP contribution in [-0.4, -0.2) is 38.3 Å². The van der Waals surface area contributed by atoms with E-state index in [1.807, 2.05) is 32.9 Å². The number of rotatable bonds is 4. The van der Waals surface area contributed by atoms with Crippen molar-refractivity contribution in [2.24, 2.45) is 0 Å². The van der Waals surface area contributed by atoms with Crippen molar-refractivity contribution in [1.29, 1.82) is 0 Å². The number of aryl methyl sites for hydroxylation is 2. The van der Waals surface area contributed by atoms with Gasteiger partial charge in [0, 0.05) is 25.4 Å². The lowest BCUT2D eigenvalue weighted by molar-refractivity contribution is 0.00538. The van der Waals surface area contributed by atoms with Crippen LogP contribution in [0.4, 0.5) is 4.79 Å². The van der Waals surface area contributed by atoms with Crippen molar-refractivity contribution >= 4 is 6.09 Å². The van der Waals surface area contributed by atoms with Crippen LogP contribution in [0.25, 0.3) is 0 Å². The Morgan fingerprint density at radius 3 is 2.77 bits per heavy atom. The predicted octanol–water partition coefficient (Wildman–Crippen LogP) is 3.71. The fourth-order valence-electron chi connectivity index (χ4n) is 3.04. The molecule has 7 heteroatoms. The number of piperidine rings is 1. The van der Waals surface area contributed by atoms with Crippen LogP contribution in [0.15, 0.2) is 29.0 Å². The first-order valence-corrected chi connectivity index (χ1v) is 9.13. The SMILES string of the molecule is CC(C)(C)OC(=O)N1CCCCC1c1nc(CCc2ccncc2)no1. The third-order valence-electron chi connectivity index (χ3n) is 4.29. The highest BCUT2D eigenvalue weighted by Gasteiger charge is 2.34. The van der Waals surface area contributed by atoms with Gasteiger partial charge in [-0.25, -0.2) is 4.79 Å². The van der Waals surface area contributed by atoms with Crippen molar-refractivity contribution in [3.05, 3.63) is 41.8 Å². The van der Waals surface area contributed by atoms with E-state index in [1.54, 1.807) is 17.3 Å². The number of pyridine rings is 1. The Kier molecular flexibility index (Phi) is 5.54. The minimum Gasteiger partial charge on any atom is -0.444 e. The van der Waals surface area contributed by atoms with E-state index in [1.165, 1.54) is 5.56 Å². The molecule has 0 radical (unpaired) electrons. The van der Waals surface area contributed by atoms with Gasteiger partial charge in [-0.05, 0) is 64.2 Å². The van der Waals surface area contributed by atoms with Crippen LogP contribution in [-0.2, 0) is 17.6 Å². The Morgan fingerprint density at radius 2 is 2.04 bits per heavy atom. The summed E-state index contributed by atoms with van der Waals surface area (Å²) < 4.78 is 11.0. The van der Waals surface area contributed by atoms with Crippen molar-refractivity contribution in [1.82, 2.24) is 20.0 Å². The summed E-state index contributed by atoms with van der Waals surface area (Å²) in [7, 11) is 0. The van der Waals surface area contributed by atoms with Crippen LogP contribution in [0.3, 0.4) is 0 Å². The first kappa shape index (κ1) is 18.4. The number of ether oxygens (including phenoxy) is 1. The summed E-state index contributed by atoms with van der Waals surface area (Å²) in [4.78, 5) is 22.8. The molecule has 0 spiro atoms. The van der Waals surface area contributed by atoms with Crippen molar-refractivity contribution in [3.63, 3.8) is 0 Å². The average Bonchev–Trinajstić information content (AvgIpc) is 3.08. The maximum absolute atomic E-state index is 12.5. The number of carbonyl (C=O) groups excluding carboxylic acids is 1. The van der Waals surface area contributed by atoms with Gasteiger partial charge >= 0.3 is 6.09 Å². The Labute approximate surface area is 153 Å². The molecule has 1 amide bonds. The molecule has 1 aliphatic rings. The molecule has 26 heavy (non-hydrogen) atoms. The second-order valence-corrected chi connectivity index (χ2v) is 7.59. The Hall–Kier alpha value is -2.44. The van der Waals surface area contributed by atoms with Gasteiger partial charge in [0.05, 0.1) is 0 Å². The van der Waals surface area contributed by atoms with Gasteiger partial charge in [0.15, 0.2) is 5.82 Å². The zero-order chi connectivity index (χ0) is 18.6. The first-order chi connectivity index (χ1) is 12.4. The van der Waals surface area contributed by atoms with E-state index >= 15 is 0 Å². The van der Waals surface area contributed by atoms with Gasteiger partial charge in [-0.2, -0.15) is 4.98 Å². The Morgan fingerprint density at radius 1 is 1.27 bits per heavy atom. The van der Waals surface area contributed by atoms with Gasteiger partial charge < -0.3 is 9.26 Å². The summed E-state index contributed by atoms with van der Waals surface area (Å²) in [5.74, 6) is 1.16. The Bertz CT molecular complexity index is 724. The predicted molar refractivity (Wildman–Crippen MR) is 95.5 cm³/mol. The zero-order valence-electron chi connectivity index (χ0n) is 15.6. The standard InChI is InChI=1S/C19H26N4O3/c1-19(2,3)25-18(24)23-13-5-4-6-15(23)17-21-16(22-26-17)8-7-14-9-11-20-12-10-14/h9-12,15H,4-8,13H2,1-3H3. The molecule has 140 valence electrons. The summed E-state index contributed by atoms with van der Waals surface area (Å²) in [6, 6.07) is 3.75. The monoisotopic (exact) mass is 358 g/mol. The lowest BCUT2D eigenvalue weighted by atomic mass is 10.0. The highest BCUT2D eigenvalue weighted by Crippen LogP contribution is 2.31. The number of amides is 1. The number of hydrogen-bond acceptors (Lipinski definition) is 6. The molecular formula is C19H26N4O3. The normalized spacial score (nSPS) is 18.0. The minimum atomic E-state index is -0.524. The fraction of sp³-hybridized carbons (Fsp3) is 0.579. The maximum Gasteiger partial charge on any atom is 0.410 e. The van der Waals surface area contributed by atoms with E-state index in [0.29, 0.717) is 24.7 Å². The molecule has 0 aromatic carbocycles. The molecule has 1 aliphatic heterocycles. The molecule has 0 saturated carbocycles. The molecule has 3 heterocycles. The second-order valence-electron chi connectivity index (χ2n) is 7.59. The fourth-order valence-corrected chi connectivity index (χ4v) is 3.04. The third kappa shape index (κ3) is 4.80. The van der Waals surface area contributed by atoms with Crippen molar-refractivity contribution in [3.8, 4) is 0 Å². The average molecular weight is 358 g/mol. The lowest BCUT2D eigenvalue weighted by Crippen LogP contribution is -2.42. The van der Waals surface area contributed by atoms with Crippen molar-refractivity contribution < 1.29 is 14.1 Å². The van der Waals surface area contributed by atoms with Gasteiger partial charge in [0.25, 0.3) is 0 Å². The summed E-state index contributed by atoms with van der Waals surface area (Å²) in [5.41, 5.74) is 0.656. The van der Waals surface area contributed by atoms with E-state index < -0.39 is 5.60 Å². The van der Waals surface area contributed by atoms with Gasteiger partial charge in [-0.1, -0.05) is 5.16 Å². The number of nitrogens with zero attached hydrogens (tertiary/aromatic N) is 4. The molecule has 1 fully saturated rings. The molecule has 1 atom stereocenters. The molecule has 1 unspecified atom stereocenters. The van der Waals surface area contributed by atoms with Crippen LogP contribution in [0.1, 0.15) is 63.4 Å². The molecule has 2 aromatic heterocycles. The highest BCUT2D eigenvalue weighted by molar-refractivity contribution is 5.68. The van der Waals surface area contributed by atoms with Crippen LogP contribution >= 0.6 is 0 Å². The lowest BCUT2D eigenvalue weighted by Gasteiger charge is -2.34. The van der Waals surface area contributed by atoms with E-state index in [2.05, 4.69) is 15.1 Å². The van der Waals surface area contributed by atoms with Crippen LogP contribution in [0.2, 0.25) is 0 Å². The highest BCUT2D eigenvalue weighted by atomic mass is 16.6. The van der Waals surface area contributed by atoms with Crippen molar-refractivity contribution in [2.75, 3.05) is 6.54 Å². The van der Waals surface area contributed by atoms with Gasteiger partial charge in [0.2, 0.25) is 5.89 Å². The van der Waals surface area contributed by atoms with Gasteiger partial charge in [0.1, 0.15) is 11.6 Å². The van der Waals surface area contributed by atoms with E-state index in [9.17, 15) is 4.79 Å². The summed E-state index contributed by atoms with van der Waals surface area (Å²) in [5, 5.41) is 4.09. The first-order valence-electron chi connectivity index (χ1n) is 9.13. The molecule has 7 nitrogen and oxygen atoms in total. The number of carbonyl (C=O) groups is 1. The molecule has 2 aromatic rings. The number of hydrogen-bond donors (Lipinski definition) is 0. The molecule has 1 saturated heterocycles. The molecule has 0 bridgehead atoms. The Balaban J connectivity index is 1.66. The maximum atomic E-state index is 12.5.